The molecule has 1 N–H and O–H groups in total. The van der Waals surface area contributed by atoms with Crippen LogP contribution in [0.3, 0.4) is 0 Å². The van der Waals surface area contributed by atoms with Gasteiger partial charge in [-0.3, -0.25) is 4.79 Å². The first-order valence-corrected chi connectivity index (χ1v) is 10.9. The molecule has 8 heteroatoms. The first-order chi connectivity index (χ1) is 13.3. The van der Waals surface area contributed by atoms with Crippen LogP contribution in [0.2, 0.25) is 0 Å². The van der Waals surface area contributed by atoms with Crippen molar-refractivity contribution in [2.75, 3.05) is 6.54 Å². The first kappa shape index (κ1) is 19.0. The summed E-state index contributed by atoms with van der Waals surface area (Å²) in [6.45, 7) is 2.78. The fourth-order valence-electron chi connectivity index (χ4n) is 3.45. The Labute approximate surface area is 163 Å². The highest BCUT2D eigenvalue weighted by Crippen LogP contribution is 2.33. The van der Waals surface area contributed by atoms with Crippen molar-refractivity contribution >= 4 is 15.9 Å². The number of amides is 1. The van der Waals surface area contributed by atoms with Crippen LogP contribution < -0.4 is 4.72 Å². The molecule has 0 bridgehead atoms. The molecule has 0 unspecified atom stereocenters. The Bertz CT molecular complexity index is 1000. The van der Waals surface area contributed by atoms with Crippen LogP contribution in [0.4, 0.5) is 4.39 Å². The van der Waals surface area contributed by atoms with Crippen molar-refractivity contribution in [2.24, 2.45) is 5.92 Å². The highest BCUT2D eigenvalue weighted by Gasteiger charge is 2.35. The molecule has 148 valence electrons. The number of nitrogens with zero attached hydrogens (tertiary/aromatic N) is 2. The number of carbonyl (C=O) groups excluding carboxylic acids is 1. The fourth-order valence-corrected chi connectivity index (χ4v) is 4.67. The average molecular weight is 403 g/mol. The number of rotatable bonds is 5. The summed E-state index contributed by atoms with van der Waals surface area (Å²) in [7, 11) is -3.82. The molecule has 0 radical (unpaired) electrons. The zero-order valence-corrected chi connectivity index (χ0v) is 16.4. The molecule has 4 rings (SSSR count). The summed E-state index contributed by atoms with van der Waals surface area (Å²) in [5.74, 6) is -0.00665. The molecule has 1 aliphatic carbocycles. The first-order valence-electron chi connectivity index (χ1n) is 9.38. The molecule has 2 aromatic rings. The molecular weight excluding hydrogens is 381 g/mol. The van der Waals surface area contributed by atoms with Gasteiger partial charge in [0.1, 0.15) is 5.82 Å². The van der Waals surface area contributed by atoms with Crippen LogP contribution in [-0.2, 0) is 27.8 Å². The van der Waals surface area contributed by atoms with Gasteiger partial charge in [0.25, 0.3) is 10.0 Å². The van der Waals surface area contributed by atoms with Crippen LogP contribution in [-0.4, -0.2) is 30.8 Å². The van der Waals surface area contributed by atoms with Crippen LogP contribution in [0.15, 0.2) is 41.6 Å². The molecule has 1 fully saturated rings. The maximum Gasteiger partial charge on any atom is 0.258 e. The van der Waals surface area contributed by atoms with Crippen LogP contribution in [0.1, 0.15) is 42.5 Å². The molecular formula is C20H22FN3O3S. The normalized spacial score (nSPS) is 17.9. The Morgan fingerprint density at radius 2 is 1.96 bits per heavy atom. The number of carbonyl (C=O) groups is 1. The summed E-state index contributed by atoms with van der Waals surface area (Å²) in [6.07, 6.45) is 4.11. The summed E-state index contributed by atoms with van der Waals surface area (Å²) in [4.78, 5) is 18.2. The minimum absolute atomic E-state index is 0.0396. The van der Waals surface area contributed by atoms with Gasteiger partial charge in [-0.1, -0.05) is 12.1 Å². The molecule has 1 amide bonds. The number of aromatic nitrogens is 1. The van der Waals surface area contributed by atoms with Gasteiger partial charge in [-0.15, -0.1) is 0 Å². The van der Waals surface area contributed by atoms with Gasteiger partial charge in [0, 0.05) is 31.2 Å². The second kappa shape index (κ2) is 7.25. The smallest absolute Gasteiger partial charge is 0.258 e. The number of fused-ring (bicyclic) bond motifs is 1. The minimum Gasteiger partial charge on any atom is -0.338 e. The maximum atomic E-state index is 13.1. The van der Waals surface area contributed by atoms with Crippen molar-refractivity contribution in [3.05, 3.63) is 59.0 Å². The van der Waals surface area contributed by atoms with E-state index < -0.39 is 16.1 Å². The van der Waals surface area contributed by atoms with Crippen LogP contribution in [0, 0.1) is 11.7 Å². The van der Waals surface area contributed by atoms with Crippen molar-refractivity contribution in [1.82, 2.24) is 14.6 Å². The van der Waals surface area contributed by atoms with E-state index in [4.69, 9.17) is 0 Å². The molecule has 2 heterocycles. The quantitative estimate of drug-likeness (QED) is 0.832. The van der Waals surface area contributed by atoms with Gasteiger partial charge in [0.2, 0.25) is 5.91 Å². The van der Waals surface area contributed by atoms with Gasteiger partial charge in [-0.05, 0) is 61.1 Å². The Morgan fingerprint density at radius 1 is 1.25 bits per heavy atom. The zero-order valence-electron chi connectivity index (χ0n) is 15.6. The van der Waals surface area contributed by atoms with E-state index in [1.165, 1.54) is 12.1 Å². The molecule has 1 aromatic heterocycles. The molecule has 1 aliphatic heterocycles. The van der Waals surface area contributed by atoms with E-state index in [1.54, 1.807) is 31.3 Å². The largest absolute Gasteiger partial charge is 0.338 e. The Morgan fingerprint density at radius 3 is 2.64 bits per heavy atom. The SMILES string of the molecule is C[C@H](NS(=O)(=O)c1cc2c(cn1)CN(C(=O)C1CC1)CC2)c1ccc(F)cc1. The second-order valence-electron chi connectivity index (χ2n) is 7.47. The predicted octanol–water partition coefficient (Wildman–Crippen LogP) is 2.55. The van der Waals surface area contributed by atoms with Crippen LogP contribution in [0.25, 0.3) is 0 Å². The third-order valence-corrected chi connectivity index (χ3v) is 6.72. The summed E-state index contributed by atoms with van der Waals surface area (Å²) in [5.41, 5.74) is 2.47. The van der Waals surface area contributed by atoms with Crippen molar-refractivity contribution in [3.63, 3.8) is 0 Å². The van der Waals surface area contributed by atoms with E-state index in [0.717, 1.165) is 24.0 Å². The van der Waals surface area contributed by atoms with E-state index in [9.17, 15) is 17.6 Å². The topological polar surface area (TPSA) is 79.4 Å². The van der Waals surface area contributed by atoms with Gasteiger partial charge < -0.3 is 4.90 Å². The highest BCUT2D eigenvalue weighted by molar-refractivity contribution is 7.89. The number of benzene rings is 1. The van der Waals surface area contributed by atoms with Crippen molar-refractivity contribution in [1.29, 1.82) is 0 Å². The number of halogens is 1. The average Bonchev–Trinajstić information content (AvgIpc) is 3.52. The summed E-state index contributed by atoms with van der Waals surface area (Å²) < 4.78 is 41.1. The lowest BCUT2D eigenvalue weighted by Gasteiger charge is -2.29. The van der Waals surface area contributed by atoms with E-state index in [0.29, 0.717) is 25.1 Å². The third kappa shape index (κ3) is 3.93. The molecule has 0 spiro atoms. The molecule has 1 saturated carbocycles. The lowest BCUT2D eigenvalue weighted by molar-refractivity contribution is -0.133. The van der Waals surface area contributed by atoms with Crippen LogP contribution in [0.5, 0.6) is 0 Å². The second-order valence-corrected chi connectivity index (χ2v) is 9.13. The third-order valence-electron chi connectivity index (χ3n) is 5.29. The standard InChI is InChI=1S/C20H22FN3O3S/c1-13(14-4-6-18(21)7-5-14)23-28(26,27)19-10-16-8-9-24(12-17(16)11-22-19)20(25)15-2-3-15/h4-7,10-11,13,15,23H,2-3,8-9,12H2,1H3/t13-/m0/s1. The Balaban J connectivity index is 1.49. The Hall–Kier alpha value is -2.32. The van der Waals surface area contributed by atoms with E-state index in [2.05, 4.69) is 9.71 Å². The molecule has 6 nitrogen and oxygen atoms in total. The van der Waals surface area contributed by atoms with Gasteiger partial charge >= 0.3 is 0 Å². The van der Waals surface area contributed by atoms with Crippen molar-refractivity contribution < 1.29 is 17.6 Å². The number of sulfonamides is 1. The van der Waals surface area contributed by atoms with Gasteiger partial charge in [-0.25, -0.2) is 22.5 Å². The lowest BCUT2D eigenvalue weighted by atomic mass is 10.0. The van der Waals surface area contributed by atoms with Gasteiger partial charge in [0.05, 0.1) is 0 Å². The van der Waals surface area contributed by atoms with Gasteiger partial charge in [-0.2, -0.15) is 0 Å². The monoisotopic (exact) mass is 403 g/mol. The number of pyridine rings is 1. The highest BCUT2D eigenvalue weighted by atomic mass is 32.2. The molecule has 28 heavy (non-hydrogen) atoms. The zero-order chi connectivity index (χ0) is 19.9. The molecule has 2 aliphatic rings. The number of hydrogen-bond donors (Lipinski definition) is 1. The van der Waals surface area contributed by atoms with Gasteiger partial charge in [0.15, 0.2) is 5.03 Å². The van der Waals surface area contributed by atoms with E-state index in [1.807, 2.05) is 4.90 Å². The summed E-state index contributed by atoms with van der Waals surface area (Å²) in [5, 5.41) is -0.0396. The Kier molecular flexibility index (Phi) is 4.93. The lowest BCUT2D eigenvalue weighted by Crippen LogP contribution is -2.37. The van der Waals surface area contributed by atoms with Crippen LogP contribution >= 0.6 is 0 Å². The summed E-state index contributed by atoms with van der Waals surface area (Å²) in [6, 6.07) is 6.77. The van der Waals surface area contributed by atoms with E-state index >= 15 is 0 Å². The molecule has 1 atom stereocenters. The summed E-state index contributed by atoms with van der Waals surface area (Å²) >= 11 is 0. The van der Waals surface area contributed by atoms with Crippen molar-refractivity contribution in [2.45, 2.75) is 43.8 Å². The van der Waals surface area contributed by atoms with Crippen molar-refractivity contribution in [3.8, 4) is 0 Å². The van der Waals surface area contributed by atoms with E-state index in [-0.39, 0.29) is 22.7 Å². The predicted molar refractivity (Wildman–Crippen MR) is 101 cm³/mol. The minimum atomic E-state index is -3.82. The fraction of sp³-hybridized carbons (Fsp3) is 0.400. The maximum absolute atomic E-state index is 13.1. The number of nitrogens with one attached hydrogen (secondary N) is 1. The molecule has 0 saturated heterocycles. The molecule has 1 aromatic carbocycles. The number of hydrogen-bond acceptors (Lipinski definition) is 4.